The van der Waals surface area contributed by atoms with E-state index in [2.05, 4.69) is 0 Å². The van der Waals surface area contributed by atoms with Crippen LogP contribution in [0.2, 0.25) is 0 Å². The number of nitrogens with zero attached hydrogens (tertiary/aromatic N) is 2. The van der Waals surface area contributed by atoms with E-state index in [1.165, 1.54) is 25.6 Å². The van der Waals surface area contributed by atoms with E-state index in [-0.39, 0.29) is 29.5 Å². The van der Waals surface area contributed by atoms with Crippen LogP contribution in [0.25, 0.3) is 0 Å². The Morgan fingerprint density at radius 2 is 1.44 bits per heavy atom. The third-order valence-corrected chi connectivity index (χ3v) is 4.95. The topological polar surface area (TPSA) is 57.7 Å². The maximum Gasteiger partial charge on any atom is 0.237 e. The SMILES string of the molecule is CC(=O)N(C(C)=O)c1ccccc1SCC(=O)N(c1ccccc1)C(C)C. The smallest absolute Gasteiger partial charge is 0.237 e. The highest BCUT2D eigenvalue weighted by Gasteiger charge is 2.22. The maximum absolute atomic E-state index is 12.9. The van der Waals surface area contributed by atoms with Gasteiger partial charge in [-0.05, 0) is 38.1 Å². The van der Waals surface area contributed by atoms with Crippen LogP contribution in [0.3, 0.4) is 0 Å². The molecule has 2 rings (SSSR count). The van der Waals surface area contributed by atoms with Gasteiger partial charge < -0.3 is 4.90 Å². The molecule has 2 aromatic rings. The van der Waals surface area contributed by atoms with Crippen molar-refractivity contribution in [2.24, 2.45) is 0 Å². The van der Waals surface area contributed by atoms with Gasteiger partial charge in [-0.1, -0.05) is 30.3 Å². The van der Waals surface area contributed by atoms with E-state index < -0.39 is 0 Å². The summed E-state index contributed by atoms with van der Waals surface area (Å²) in [7, 11) is 0. The number of hydrogen-bond donors (Lipinski definition) is 0. The molecule has 0 heterocycles. The van der Waals surface area contributed by atoms with Crippen LogP contribution in [0.5, 0.6) is 0 Å². The lowest BCUT2D eigenvalue weighted by atomic mass is 10.2. The Morgan fingerprint density at radius 1 is 0.889 bits per heavy atom. The lowest BCUT2D eigenvalue weighted by molar-refractivity contribution is -0.124. The van der Waals surface area contributed by atoms with E-state index >= 15 is 0 Å². The summed E-state index contributed by atoms with van der Waals surface area (Å²) in [6.45, 7) is 6.64. The summed E-state index contributed by atoms with van der Waals surface area (Å²) >= 11 is 1.32. The van der Waals surface area contributed by atoms with E-state index in [0.29, 0.717) is 10.6 Å². The van der Waals surface area contributed by atoms with Crippen molar-refractivity contribution >= 4 is 40.9 Å². The summed E-state index contributed by atoms with van der Waals surface area (Å²) in [6.07, 6.45) is 0. The summed E-state index contributed by atoms with van der Waals surface area (Å²) in [6, 6.07) is 16.7. The zero-order valence-corrected chi connectivity index (χ0v) is 16.8. The Morgan fingerprint density at radius 3 is 2.00 bits per heavy atom. The van der Waals surface area contributed by atoms with Crippen molar-refractivity contribution < 1.29 is 14.4 Å². The van der Waals surface area contributed by atoms with Crippen LogP contribution in [0.1, 0.15) is 27.7 Å². The molecule has 0 aromatic heterocycles. The van der Waals surface area contributed by atoms with Crippen molar-refractivity contribution in [3.8, 4) is 0 Å². The minimum absolute atomic E-state index is 0.0154. The molecule has 0 atom stereocenters. The summed E-state index contributed by atoms with van der Waals surface area (Å²) in [5, 5.41) is 0. The van der Waals surface area contributed by atoms with E-state index in [4.69, 9.17) is 0 Å². The van der Waals surface area contributed by atoms with E-state index in [0.717, 1.165) is 10.6 Å². The monoisotopic (exact) mass is 384 g/mol. The van der Waals surface area contributed by atoms with Gasteiger partial charge in [-0.3, -0.25) is 14.4 Å². The predicted molar refractivity (Wildman–Crippen MR) is 110 cm³/mol. The number of carbonyl (C=O) groups is 3. The maximum atomic E-state index is 12.9. The zero-order chi connectivity index (χ0) is 20.0. The lowest BCUT2D eigenvalue weighted by Gasteiger charge is -2.27. The van der Waals surface area contributed by atoms with E-state index in [1.54, 1.807) is 17.0 Å². The standard InChI is InChI=1S/C21H24N2O3S/c1-15(2)22(18-10-6-5-7-11-18)21(26)14-27-20-13-9-8-12-19(20)23(16(3)24)17(4)25/h5-13,15H,14H2,1-4H3. The molecule has 0 unspecified atom stereocenters. The van der Waals surface area contributed by atoms with Crippen LogP contribution in [0.4, 0.5) is 11.4 Å². The Kier molecular flexibility index (Phi) is 7.19. The third-order valence-electron chi connectivity index (χ3n) is 3.91. The predicted octanol–water partition coefficient (Wildman–Crippen LogP) is 4.12. The number of carbonyl (C=O) groups excluding carboxylic acids is 3. The lowest BCUT2D eigenvalue weighted by Crippen LogP contribution is -2.38. The van der Waals surface area contributed by atoms with E-state index in [9.17, 15) is 14.4 Å². The highest BCUT2D eigenvalue weighted by Crippen LogP contribution is 2.31. The molecule has 0 bridgehead atoms. The average molecular weight is 385 g/mol. The van der Waals surface area contributed by atoms with Crippen molar-refractivity contribution in [1.29, 1.82) is 0 Å². The molecule has 0 N–H and O–H groups in total. The molecule has 0 aliphatic heterocycles. The molecule has 0 saturated carbocycles. The summed E-state index contributed by atoms with van der Waals surface area (Å²) in [4.78, 5) is 40.2. The average Bonchev–Trinajstić information content (AvgIpc) is 2.61. The Labute approximate surface area is 164 Å². The number of benzene rings is 2. The molecule has 27 heavy (non-hydrogen) atoms. The number of anilines is 2. The van der Waals surface area contributed by atoms with Gasteiger partial charge in [0.15, 0.2) is 0 Å². The minimum Gasteiger partial charge on any atom is -0.309 e. The molecule has 3 amide bonds. The Bertz CT molecular complexity index is 807. The first-order valence-electron chi connectivity index (χ1n) is 8.73. The van der Waals surface area contributed by atoms with Crippen LogP contribution in [0.15, 0.2) is 59.5 Å². The van der Waals surface area contributed by atoms with Crippen molar-refractivity contribution in [3.63, 3.8) is 0 Å². The number of imide groups is 1. The number of para-hydroxylation sites is 2. The van der Waals surface area contributed by atoms with Crippen molar-refractivity contribution in [3.05, 3.63) is 54.6 Å². The molecule has 5 nitrogen and oxygen atoms in total. The van der Waals surface area contributed by atoms with Crippen LogP contribution >= 0.6 is 11.8 Å². The molecule has 2 aromatic carbocycles. The second-order valence-corrected chi connectivity index (χ2v) is 7.34. The molecule has 6 heteroatoms. The quantitative estimate of drug-likeness (QED) is 0.703. The summed E-state index contributed by atoms with van der Waals surface area (Å²) < 4.78 is 0. The van der Waals surface area contributed by atoms with Gasteiger partial charge in [0.05, 0.1) is 11.4 Å². The molecule has 142 valence electrons. The minimum atomic E-state index is -0.352. The molecule has 0 fully saturated rings. The number of thioether (sulfide) groups is 1. The molecule has 0 radical (unpaired) electrons. The van der Waals surface area contributed by atoms with Gasteiger partial charge in [-0.25, -0.2) is 4.90 Å². The van der Waals surface area contributed by atoms with Crippen LogP contribution in [-0.2, 0) is 14.4 Å². The van der Waals surface area contributed by atoms with Gasteiger partial charge >= 0.3 is 0 Å². The first-order chi connectivity index (χ1) is 12.8. The van der Waals surface area contributed by atoms with Gasteiger partial charge in [0, 0.05) is 30.5 Å². The normalized spacial score (nSPS) is 10.6. The number of rotatable bonds is 6. The summed E-state index contributed by atoms with van der Waals surface area (Å²) in [5.74, 6) is -0.536. The fraction of sp³-hybridized carbons (Fsp3) is 0.286. The van der Waals surface area contributed by atoms with Gasteiger partial charge in [0.1, 0.15) is 0 Å². The molecule has 0 aliphatic carbocycles. The number of amides is 3. The van der Waals surface area contributed by atoms with Crippen molar-refractivity contribution in [1.82, 2.24) is 0 Å². The van der Waals surface area contributed by atoms with Crippen molar-refractivity contribution in [2.75, 3.05) is 15.6 Å². The first-order valence-corrected chi connectivity index (χ1v) is 9.71. The highest BCUT2D eigenvalue weighted by atomic mass is 32.2. The fourth-order valence-electron chi connectivity index (χ4n) is 2.85. The molecular formula is C21H24N2O3S. The molecule has 0 spiro atoms. The van der Waals surface area contributed by atoms with Gasteiger partial charge in [-0.15, -0.1) is 11.8 Å². The second-order valence-electron chi connectivity index (χ2n) is 6.32. The van der Waals surface area contributed by atoms with Gasteiger partial charge in [0.25, 0.3) is 0 Å². The highest BCUT2D eigenvalue weighted by molar-refractivity contribution is 8.00. The van der Waals surface area contributed by atoms with Crippen LogP contribution < -0.4 is 9.80 Å². The number of hydrogen-bond acceptors (Lipinski definition) is 4. The summed E-state index contributed by atoms with van der Waals surface area (Å²) in [5.41, 5.74) is 1.35. The zero-order valence-electron chi connectivity index (χ0n) is 16.0. The van der Waals surface area contributed by atoms with Crippen LogP contribution in [0, 0.1) is 0 Å². The van der Waals surface area contributed by atoms with Gasteiger partial charge in [0.2, 0.25) is 17.7 Å². The fourth-order valence-corrected chi connectivity index (χ4v) is 3.75. The second kappa shape index (κ2) is 9.37. The molecule has 0 aliphatic rings. The van der Waals surface area contributed by atoms with Crippen LogP contribution in [-0.4, -0.2) is 29.5 Å². The van der Waals surface area contributed by atoms with Crippen molar-refractivity contribution in [2.45, 2.75) is 38.6 Å². The van der Waals surface area contributed by atoms with E-state index in [1.807, 2.05) is 56.3 Å². The Balaban J connectivity index is 2.22. The third kappa shape index (κ3) is 5.20. The Hall–Kier alpha value is -2.60. The molecular weight excluding hydrogens is 360 g/mol. The largest absolute Gasteiger partial charge is 0.309 e. The van der Waals surface area contributed by atoms with Gasteiger partial charge in [-0.2, -0.15) is 0 Å². The first kappa shape index (κ1) is 20.7. The molecule has 0 saturated heterocycles.